The molecule has 0 radical (unpaired) electrons. The topological polar surface area (TPSA) is 12.5 Å². The van der Waals surface area contributed by atoms with Crippen LogP contribution in [0.25, 0.3) is 0 Å². The van der Waals surface area contributed by atoms with Gasteiger partial charge in [-0.3, -0.25) is 4.90 Å². The van der Waals surface area contributed by atoms with Crippen LogP contribution in [0.15, 0.2) is 42.5 Å². The van der Waals surface area contributed by atoms with E-state index >= 15 is 0 Å². The lowest BCUT2D eigenvalue weighted by Gasteiger charge is -2.46. The number of piperidine rings is 1. The average molecular weight is 229 g/mol. The Balaban J connectivity index is 1.76. The van der Waals surface area contributed by atoms with Crippen molar-refractivity contribution in [3.05, 3.63) is 48.0 Å². The Morgan fingerprint density at radius 2 is 1.76 bits per heavy atom. The predicted molar refractivity (Wildman–Crippen MR) is 68.8 cm³/mol. The van der Waals surface area contributed by atoms with Crippen molar-refractivity contribution in [3.8, 4) is 0 Å². The Kier molecular flexibility index (Phi) is 3.00. The van der Waals surface area contributed by atoms with Gasteiger partial charge in [-0.1, -0.05) is 42.5 Å². The Labute approximate surface area is 103 Å². The highest BCUT2D eigenvalue weighted by Gasteiger charge is 2.35. The second-order valence-corrected chi connectivity index (χ2v) is 5.16. The van der Waals surface area contributed by atoms with Gasteiger partial charge in [0.2, 0.25) is 0 Å². The van der Waals surface area contributed by atoms with Crippen LogP contribution >= 0.6 is 0 Å². The number of morpholine rings is 1. The molecule has 1 aromatic carbocycles. The van der Waals surface area contributed by atoms with Crippen molar-refractivity contribution >= 4 is 0 Å². The van der Waals surface area contributed by atoms with Crippen LogP contribution in [0.5, 0.6) is 0 Å². The average Bonchev–Trinajstić information content (AvgIpc) is 2.32. The summed E-state index contributed by atoms with van der Waals surface area (Å²) < 4.78 is 5.67. The second kappa shape index (κ2) is 4.63. The Morgan fingerprint density at radius 3 is 2.41 bits per heavy atom. The molecule has 0 amide bonds. The summed E-state index contributed by atoms with van der Waals surface area (Å²) in [5.74, 6) is 0. The number of nitrogens with zero attached hydrogens (tertiary/aromatic N) is 1. The van der Waals surface area contributed by atoms with Gasteiger partial charge in [-0.25, -0.2) is 0 Å². The van der Waals surface area contributed by atoms with Crippen LogP contribution in [0.2, 0.25) is 0 Å². The van der Waals surface area contributed by atoms with Crippen LogP contribution in [0.1, 0.15) is 18.4 Å². The van der Waals surface area contributed by atoms with Gasteiger partial charge in [0.25, 0.3) is 0 Å². The molecule has 0 spiro atoms. The van der Waals surface area contributed by atoms with Crippen molar-refractivity contribution < 1.29 is 4.74 Å². The van der Waals surface area contributed by atoms with E-state index in [0.29, 0.717) is 12.1 Å². The highest BCUT2D eigenvalue weighted by Crippen LogP contribution is 2.31. The van der Waals surface area contributed by atoms with Crippen LogP contribution in [-0.2, 0) is 11.3 Å². The van der Waals surface area contributed by atoms with Crippen molar-refractivity contribution in [2.45, 2.75) is 31.5 Å². The third kappa shape index (κ3) is 2.28. The largest absolute Gasteiger partial charge is 0.378 e. The minimum Gasteiger partial charge on any atom is -0.378 e. The van der Waals surface area contributed by atoms with Gasteiger partial charge in [-0.05, 0) is 18.4 Å². The van der Waals surface area contributed by atoms with Crippen LogP contribution < -0.4 is 0 Å². The Morgan fingerprint density at radius 1 is 1.12 bits per heavy atom. The van der Waals surface area contributed by atoms with E-state index in [0.717, 1.165) is 32.6 Å². The summed E-state index contributed by atoms with van der Waals surface area (Å²) in [5, 5.41) is 0. The van der Waals surface area contributed by atoms with E-state index in [1.807, 2.05) is 0 Å². The fraction of sp³-hybridized carbons (Fsp3) is 0.467. The van der Waals surface area contributed by atoms with Gasteiger partial charge in [-0.2, -0.15) is 0 Å². The monoisotopic (exact) mass is 229 g/mol. The smallest absolute Gasteiger partial charge is 0.0626 e. The molecule has 2 heterocycles. The lowest BCUT2D eigenvalue weighted by molar-refractivity contribution is -0.0654. The van der Waals surface area contributed by atoms with Crippen molar-refractivity contribution in [3.63, 3.8) is 0 Å². The third-order valence-electron chi connectivity index (χ3n) is 3.82. The molecule has 0 aliphatic carbocycles. The van der Waals surface area contributed by atoms with Gasteiger partial charge in [0.05, 0.1) is 13.2 Å². The van der Waals surface area contributed by atoms with Crippen molar-refractivity contribution in [1.29, 1.82) is 0 Å². The number of benzene rings is 1. The molecule has 2 heteroatoms. The fourth-order valence-corrected chi connectivity index (χ4v) is 2.98. The van der Waals surface area contributed by atoms with Gasteiger partial charge < -0.3 is 4.74 Å². The molecule has 2 saturated heterocycles. The first kappa shape index (κ1) is 11.0. The lowest BCUT2D eigenvalue weighted by atomic mass is 9.90. The minimum atomic E-state index is 0.537. The van der Waals surface area contributed by atoms with Crippen molar-refractivity contribution in [1.82, 2.24) is 4.90 Å². The summed E-state index contributed by atoms with van der Waals surface area (Å²) in [6.45, 7) is 6.93. The molecule has 2 fully saturated rings. The van der Waals surface area contributed by atoms with E-state index in [9.17, 15) is 0 Å². The SMILES string of the molecule is C=C1CC2COCC(C1)N2Cc1ccccc1. The normalized spacial score (nSPS) is 29.3. The number of rotatable bonds is 2. The molecule has 2 atom stereocenters. The standard InChI is InChI=1S/C15H19NO/c1-12-7-14-10-17-11-15(8-12)16(14)9-13-5-3-2-4-6-13/h2-6,14-15H,1,7-11H2. The second-order valence-electron chi connectivity index (χ2n) is 5.16. The highest BCUT2D eigenvalue weighted by atomic mass is 16.5. The first-order valence-electron chi connectivity index (χ1n) is 6.37. The van der Waals surface area contributed by atoms with Crippen LogP contribution in [-0.4, -0.2) is 30.2 Å². The quantitative estimate of drug-likeness (QED) is 0.723. The molecule has 3 rings (SSSR count). The fourth-order valence-electron chi connectivity index (χ4n) is 2.98. The van der Waals surface area contributed by atoms with E-state index in [1.165, 1.54) is 11.1 Å². The van der Waals surface area contributed by atoms with Gasteiger partial charge >= 0.3 is 0 Å². The predicted octanol–water partition coefficient (Wildman–Crippen LogP) is 2.61. The van der Waals surface area contributed by atoms with E-state index in [-0.39, 0.29) is 0 Å². The van der Waals surface area contributed by atoms with Crippen LogP contribution in [0.3, 0.4) is 0 Å². The van der Waals surface area contributed by atoms with E-state index < -0.39 is 0 Å². The molecule has 2 unspecified atom stereocenters. The van der Waals surface area contributed by atoms with Crippen LogP contribution in [0.4, 0.5) is 0 Å². The zero-order valence-electron chi connectivity index (χ0n) is 10.1. The molecule has 2 aliphatic heterocycles. The van der Waals surface area contributed by atoms with Gasteiger partial charge in [0.15, 0.2) is 0 Å². The molecule has 0 N–H and O–H groups in total. The summed E-state index contributed by atoms with van der Waals surface area (Å²) in [7, 11) is 0. The number of ether oxygens (including phenoxy) is 1. The van der Waals surface area contributed by atoms with E-state index in [2.05, 4.69) is 41.8 Å². The molecule has 90 valence electrons. The number of hydrogen-bond acceptors (Lipinski definition) is 2. The molecule has 0 aromatic heterocycles. The Hall–Kier alpha value is -1.12. The molecule has 17 heavy (non-hydrogen) atoms. The summed E-state index contributed by atoms with van der Waals surface area (Å²) in [6.07, 6.45) is 2.20. The maximum atomic E-state index is 5.67. The summed E-state index contributed by atoms with van der Waals surface area (Å²) in [4.78, 5) is 2.60. The molecule has 2 bridgehead atoms. The lowest BCUT2D eigenvalue weighted by Crippen LogP contribution is -2.54. The van der Waals surface area contributed by atoms with E-state index in [1.54, 1.807) is 0 Å². The number of hydrogen-bond donors (Lipinski definition) is 0. The van der Waals surface area contributed by atoms with Gasteiger partial charge in [0.1, 0.15) is 0 Å². The van der Waals surface area contributed by atoms with Gasteiger partial charge in [0, 0.05) is 18.6 Å². The third-order valence-corrected chi connectivity index (χ3v) is 3.82. The minimum absolute atomic E-state index is 0.537. The van der Waals surface area contributed by atoms with Crippen LogP contribution in [0, 0.1) is 0 Å². The molecule has 0 saturated carbocycles. The number of fused-ring (bicyclic) bond motifs is 2. The highest BCUT2D eigenvalue weighted by molar-refractivity contribution is 5.16. The van der Waals surface area contributed by atoms with Crippen molar-refractivity contribution in [2.24, 2.45) is 0 Å². The maximum Gasteiger partial charge on any atom is 0.0626 e. The van der Waals surface area contributed by atoms with Crippen molar-refractivity contribution in [2.75, 3.05) is 13.2 Å². The van der Waals surface area contributed by atoms with E-state index in [4.69, 9.17) is 4.74 Å². The molecular formula is C15H19NO. The molecule has 2 aliphatic rings. The summed E-state index contributed by atoms with van der Waals surface area (Å²) in [6, 6.07) is 11.8. The zero-order chi connectivity index (χ0) is 11.7. The Bertz CT molecular complexity index is 385. The maximum absolute atomic E-state index is 5.67. The first-order valence-corrected chi connectivity index (χ1v) is 6.37. The summed E-state index contributed by atoms with van der Waals surface area (Å²) in [5.41, 5.74) is 2.80. The first-order chi connectivity index (χ1) is 8.33. The zero-order valence-corrected chi connectivity index (χ0v) is 10.1. The summed E-state index contributed by atoms with van der Waals surface area (Å²) >= 11 is 0. The van der Waals surface area contributed by atoms with Gasteiger partial charge in [-0.15, -0.1) is 0 Å². The molecule has 1 aromatic rings. The molecule has 2 nitrogen and oxygen atoms in total. The molecular weight excluding hydrogens is 210 g/mol.